The Hall–Kier alpha value is -0.460. The molecule has 0 aromatic rings. The number of allylic oxidation sites excluding steroid dienone is 2. The summed E-state index contributed by atoms with van der Waals surface area (Å²) in [7, 11) is 0. The lowest BCUT2D eigenvalue weighted by molar-refractivity contribution is 0.403. The van der Waals surface area contributed by atoms with E-state index < -0.39 is 0 Å². The predicted molar refractivity (Wildman–Crippen MR) is 40.5 cm³/mol. The van der Waals surface area contributed by atoms with Crippen LogP contribution in [-0.2, 0) is 0 Å². The minimum atomic E-state index is 0.489. The molecular weight excluding hydrogens is 112 g/mol. The van der Waals surface area contributed by atoms with Crippen LogP contribution >= 0.6 is 0 Å². The summed E-state index contributed by atoms with van der Waals surface area (Å²) in [6.45, 7) is 5.87. The van der Waals surface area contributed by atoms with E-state index in [9.17, 15) is 0 Å². The standard InChI is InChI=1S/C8H16O/c1-4-5-6-7(2)8(3)9/h9H,4-6H2,1-3H3/b8-7-. The van der Waals surface area contributed by atoms with Crippen LogP contribution in [0.4, 0.5) is 0 Å². The molecule has 1 N–H and O–H groups in total. The van der Waals surface area contributed by atoms with Gasteiger partial charge in [0, 0.05) is 0 Å². The van der Waals surface area contributed by atoms with Crippen molar-refractivity contribution >= 4 is 0 Å². The molecule has 0 heterocycles. The van der Waals surface area contributed by atoms with Gasteiger partial charge in [-0.2, -0.15) is 0 Å². The Labute approximate surface area is 57.4 Å². The van der Waals surface area contributed by atoms with Gasteiger partial charge in [-0.25, -0.2) is 0 Å². The van der Waals surface area contributed by atoms with Crippen LogP contribution in [0.1, 0.15) is 40.0 Å². The molecule has 0 saturated carbocycles. The second-order valence-corrected chi connectivity index (χ2v) is 2.47. The van der Waals surface area contributed by atoms with E-state index in [-0.39, 0.29) is 0 Å². The third kappa shape index (κ3) is 4.07. The molecule has 1 nitrogen and oxygen atoms in total. The van der Waals surface area contributed by atoms with Gasteiger partial charge in [0.15, 0.2) is 0 Å². The lowest BCUT2D eigenvalue weighted by atomic mass is 10.1. The van der Waals surface area contributed by atoms with Crippen molar-refractivity contribution < 1.29 is 5.11 Å². The van der Waals surface area contributed by atoms with Crippen molar-refractivity contribution in [1.82, 2.24) is 0 Å². The fraction of sp³-hybridized carbons (Fsp3) is 0.750. The number of hydrogen-bond donors (Lipinski definition) is 1. The van der Waals surface area contributed by atoms with Gasteiger partial charge in [-0.1, -0.05) is 13.3 Å². The van der Waals surface area contributed by atoms with Crippen LogP contribution in [0.25, 0.3) is 0 Å². The fourth-order valence-corrected chi connectivity index (χ4v) is 0.623. The van der Waals surface area contributed by atoms with Crippen molar-refractivity contribution in [2.45, 2.75) is 40.0 Å². The molecule has 0 aliphatic rings. The number of hydrogen-bond acceptors (Lipinski definition) is 1. The minimum Gasteiger partial charge on any atom is -0.513 e. The van der Waals surface area contributed by atoms with E-state index in [0.717, 1.165) is 12.0 Å². The largest absolute Gasteiger partial charge is 0.513 e. The van der Waals surface area contributed by atoms with Crippen LogP contribution in [0, 0.1) is 0 Å². The van der Waals surface area contributed by atoms with Gasteiger partial charge < -0.3 is 5.11 Å². The maximum atomic E-state index is 8.93. The summed E-state index contributed by atoms with van der Waals surface area (Å²) in [5.74, 6) is 0.489. The molecule has 0 saturated heterocycles. The van der Waals surface area contributed by atoms with Crippen LogP contribution in [0.15, 0.2) is 11.3 Å². The molecule has 0 atom stereocenters. The van der Waals surface area contributed by atoms with Gasteiger partial charge in [-0.05, 0) is 32.3 Å². The van der Waals surface area contributed by atoms with Gasteiger partial charge in [0.2, 0.25) is 0 Å². The molecule has 0 aromatic carbocycles. The van der Waals surface area contributed by atoms with Gasteiger partial charge in [0.1, 0.15) is 0 Å². The predicted octanol–water partition coefficient (Wildman–Crippen LogP) is 3.03. The zero-order valence-electron chi connectivity index (χ0n) is 6.57. The van der Waals surface area contributed by atoms with Gasteiger partial charge >= 0.3 is 0 Å². The quantitative estimate of drug-likeness (QED) is 0.579. The molecule has 0 amide bonds. The number of aliphatic hydroxyl groups excluding tert-OH is 1. The van der Waals surface area contributed by atoms with Gasteiger partial charge in [0.25, 0.3) is 0 Å². The normalized spacial score (nSPS) is 13.2. The van der Waals surface area contributed by atoms with E-state index >= 15 is 0 Å². The SMILES string of the molecule is CCCC/C(C)=C(/C)O. The van der Waals surface area contributed by atoms with E-state index in [0.29, 0.717) is 5.76 Å². The van der Waals surface area contributed by atoms with Crippen LogP contribution < -0.4 is 0 Å². The molecular formula is C8H16O. The Morgan fingerprint density at radius 1 is 1.33 bits per heavy atom. The second-order valence-electron chi connectivity index (χ2n) is 2.47. The number of unbranched alkanes of at least 4 members (excludes halogenated alkanes) is 1. The highest BCUT2D eigenvalue weighted by Gasteiger charge is 1.91. The monoisotopic (exact) mass is 128 g/mol. The maximum Gasteiger partial charge on any atom is 0.0880 e. The molecule has 0 unspecified atom stereocenters. The lowest BCUT2D eigenvalue weighted by Gasteiger charge is -1.99. The molecule has 0 radical (unpaired) electrons. The molecule has 9 heavy (non-hydrogen) atoms. The number of aliphatic hydroxyl groups is 1. The topological polar surface area (TPSA) is 20.2 Å². The first kappa shape index (κ1) is 8.54. The third-order valence-electron chi connectivity index (χ3n) is 1.52. The summed E-state index contributed by atoms with van der Waals surface area (Å²) < 4.78 is 0. The zero-order chi connectivity index (χ0) is 7.28. The average molecular weight is 128 g/mol. The van der Waals surface area contributed by atoms with E-state index in [2.05, 4.69) is 6.92 Å². The van der Waals surface area contributed by atoms with E-state index in [1.807, 2.05) is 6.92 Å². The Morgan fingerprint density at radius 2 is 1.89 bits per heavy atom. The highest BCUT2D eigenvalue weighted by molar-refractivity contribution is 5.00. The van der Waals surface area contributed by atoms with Gasteiger partial charge in [0.05, 0.1) is 5.76 Å². The molecule has 0 aliphatic heterocycles. The van der Waals surface area contributed by atoms with Crippen LogP contribution in [0.2, 0.25) is 0 Å². The summed E-state index contributed by atoms with van der Waals surface area (Å²) in [6.07, 6.45) is 3.42. The molecule has 54 valence electrons. The molecule has 1 heteroatoms. The molecule has 0 spiro atoms. The highest BCUT2D eigenvalue weighted by Crippen LogP contribution is 2.08. The van der Waals surface area contributed by atoms with E-state index in [4.69, 9.17) is 5.11 Å². The molecule has 0 bridgehead atoms. The zero-order valence-corrected chi connectivity index (χ0v) is 6.57. The van der Waals surface area contributed by atoms with Crippen molar-refractivity contribution in [3.8, 4) is 0 Å². The van der Waals surface area contributed by atoms with Crippen LogP contribution in [0.5, 0.6) is 0 Å². The van der Waals surface area contributed by atoms with Crippen LogP contribution in [-0.4, -0.2) is 5.11 Å². The van der Waals surface area contributed by atoms with E-state index in [1.165, 1.54) is 12.8 Å². The second kappa shape index (κ2) is 4.42. The average Bonchev–Trinajstić information content (AvgIpc) is 1.82. The minimum absolute atomic E-state index is 0.489. The molecule has 0 fully saturated rings. The molecule has 0 aliphatic carbocycles. The Balaban J connectivity index is 3.50. The maximum absolute atomic E-state index is 8.93. The van der Waals surface area contributed by atoms with Crippen molar-refractivity contribution in [1.29, 1.82) is 0 Å². The third-order valence-corrected chi connectivity index (χ3v) is 1.52. The first-order valence-electron chi connectivity index (χ1n) is 3.53. The first-order chi connectivity index (χ1) is 4.18. The first-order valence-corrected chi connectivity index (χ1v) is 3.53. The smallest absolute Gasteiger partial charge is 0.0880 e. The summed E-state index contributed by atoms with van der Waals surface area (Å²) in [4.78, 5) is 0. The molecule has 0 rings (SSSR count). The van der Waals surface area contributed by atoms with Crippen molar-refractivity contribution in [3.05, 3.63) is 11.3 Å². The van der Waals surface area contributed by atoms with Crippen LogP contribution in [0.3, 0.4) is 0 Å². The number of rotatable bonds is 3. The molecule has 0 aromatic heterocycles. The highest BCUT2D eigenvalue weighted by atomic mass is 16.3. The van der Waals surface area contributed by atoms with E-state index in [1.54, 1.807) is 6.92 Å². The van der Waals surface area contributed by atoms with Crippen molar-refractivity contribution in [2.24, 2.45) is 0 Å². The van der Waals surface area contributed by atoms with Crippen molar-refractivity contribution in [3.63, 3.8) is 0 Å². The van der Waals surface area contributed by atoms with Crippen molar-refractivity contribution in [2.75, 3.05) is 0 Å². The summed E-state index contributed by atoms with van der Waals surface area (Å²) >= 11 is 0. The fourth-order valence-electron chi connectivity index (χ4n) is 0.623. The summed E-state index contributed by atoms with van der Waals surface area (Å²) in [6, 6.07) is 0. The summed E-state index contributed by atoms with van der Waals surface area (Å²) in [5.41, 5.74) is 1.12. The Kier molecular flexibility index (Phi) is 4.20. The summed E-state index contributed by atoms with van der Waals surface area (Å²) in [5, 5.41) is 8.93. The Morgan fingerprint density at radius 3 is 2.22 bits per heavy atom. The lowest BCUT2D eigenvalue weighted by Crippen LogP contribution is -1.82. The van der Waals surface area contributed by atoms with Gasteiger partial charge in [-0.3, -0.25) is 0 Å². The Bertz CT molecular complexity index is 99.1. The van der Waals surface area contributed by atoms with Gasteiger partial charge in [-0.15, -0.1) is 0 Å².